The number of rotatable bonds is 7. The Labute approximate surface area is 263 Å². The molecule has 0 atom stereocenters. The van der Waals surface area contributed by atoms with Crippen LogP contribution in [0.2, 0.25) is 10.0 Å². The molecule has 0 aromatic heterocycles. The van der Waals surface area contributed by atoms with Gasteiger partial charge in [-0.25, -0.2) is 4.39 Å². The molecule has 5 rings (SSSR count). The molecule has 0 spiro atoms. The van der Waals surface area contributed by atoms with Gasteiger partial charge >= 0.3 is 0 Å². The third kappa shape index (κ3) is 6.99. The molecule has 0 unspecified atom stereocenters. The van der Waals surface area contributed by atoms with Crippen molar-refractivity contribution in [3.8, 4) is 5.75 Å². The zero-order chi connectivity index (χ0) is 29.1. The number of ether oxygens (including phenoxy) is 1. The topological polar surface area (TPSA) is 58.6 Å². The molecular formula is C30H18BrCl2FN2O3S2. The van der Waals surface area contributed by atoms with Crippen molar-refractivity contribution in [1.29, 1.82) is 0 Å². The van der Waals surface area contributed by atoms with E-state index in [1.807, 2.05) is 12.1 Å². The summed E-state index contributed by atoms with van der Waals surface area (Å²) < 4.78 is 20.4. The second-order valence-electron chi connectivity index (χ2n) is 8.74. The summed E-state index contributed by atoms with van der Waals surface area (Å²) in [6.07, 6.45) is 1.72. The van der Waals surface area contributed by atoms with Gasteiger partial charge in [-0.1, -0.05) is 75.2 Å². The fourth-order valence-electron chi connectivity index (χ4n) is 3.91. The number of amides is 2. The minimum atomic E-state index is -0.406. The number of hydrogen-bond acceptors (Lipinski definition) is 5. The Morgan fingerprint density at radius 2 is 1.83 bits per heavy atom. The minimum absolute atomic E-state index is 0.201. The van der Waals surface area contributed by atoms with Gasteiger partial charge in [0.1, 0.15) is 18.2 Å². The summed E-state index contributed by atoms with van der Waals surface area (Å²) in [5.41, 5.74) is 2.64. The Bertz CT molecular complexity index is 1720. The summed E-state index contributed by atoms with van der Waals surface area (Å²) in [4.78, 5) is 28.1. The predicted octanol–water partition coefficient (Wildman–Crippen LogP) is 9.13. The highest BCUT2D eigenvalue weighted by atomic mass is 79.9. The molecule has 0 radical (unpaired) electrons. The first-order valence-corrected chi connectivity index (χ1v) is 14.8. The zero-order valence-electron chi connectivity index (χ0n) is 20.9. The molecule has 206 valence electrons. The molecule has 1 aliphatic heterocycles. The minimum Gasteiger partial charge on any atom is -0.488 e. The Kier molecular flexibility index (Phi) is 9.11. The average Bonchev–Trinajstić information content (AvgIpc) is 3.22. The van der Waals surface area contributed by atoms with Crippen LogP contribution in [0, 0.1) is 5.82 Å². The van der Waals surface area contributed by atoms with E-state index in [0.29, 0.717) is 47.5 Å². The molecule has 11 heteroatoms. The van der Waals surface area contributed by atoms with Crippen LogP contribution in [0.25, 0.3) is 6.08 Å². The van der Waals surface area contributed by atoms with Crippen LogP contribution in [0.1, 0.15) is 21.5 Å². The Balaban J connectivity index is 1.36. The van der Waals surface area contributed by atoms with E-state index in [1.165, 1.54) is 29.2 Å². The smallest absolute Gasteiger partial charge is 0.270 e. The number of carbonyl (C=O) groups excluding carboxylic acids is 2. The summed E-state index contributed by atoms with van der Waals surface area (Å²) in [6.45, 7) is 0.201. The van der Waals surface area contributed by atoms with Crippen molar-refractivity contribution >= 4 is 96.7 Å². The van der Waals surface area contributed by atoms with E-state index < -0.39 is 11.7 Å². The van der Waals surface area contributed by atoms with Crippen molar-refractivity contribution in [2.45, 2.75) is 6.61 Å². The Hall–Kier alpha value is -3.21. The summed E-state index contributed by atoms with van der Waals surface area (Å²) >= 11 is 22.5. The van der Waals surface area contributed by atoms with Crippen LogP contribution in [0.5, 0.6) is 5.75 Å². The zero-order valence-corrected chi connectivity index (χ0v) is 25.6. The van der Waals surface area contributed by atoms with Crippen LogP contribution in [-0.2, 0) is 11.4 Å². The molecule has 4 aromatic rings. The van der Waals surface area contributed by atoms with Crippen LogP contribution >= 0.6 is 63.1 Å². The summed E-state index contributed by atoms with van der Waals surface area (Å²) in [7, 11) is 0. The standard InChI is InChI=1S/C30H18BrCl2FN2O3S2/c31-20-5-11-26(39-16-18-4-6-21(32)15-25(18)33)19(12-20)14-27-29(38)36(30(40)41-27)24-3-1-2-17(13-24)28(37)35-23-9-7-22(34)8-10-23/h1-15H,16H2,(H,35,37)/b27-14+. The van der Waals surface area contributed by atoms with Gasteiger partial charge in [0, 0.05) is 36.9 Å². The second kappa shape index (κ2) is 12.8. The highest BCUT2D eigenvalue weighted by molar-refractivity contribution is 9.10. The van der Waals surface area contributed by atoms with Gasteiger partial charge in [0.2, 0.25) is 0 Å². The maximum atomic E-state index is 13.5. The fourth-order valence-corrected chi connectivity index (χ4v) is 6.04. The molecule has 41 heavy (non-hydrogen) atoms. The average molecular weight is 688 g/mol. The van der Waals surface area contributed by atoms with Crippen LogP contribution in [0.15, 0.2) is 94.3 Å². The summed E-state index contributed by atoms with van der Waals surface area (Å²) in [6, 6.07) is 22.7. The molecule has 0 aliphatic carbocycles. The van der Waals surface area contributed by atoms with Crippen LogP contribution in [0.3, 0.4) is 0 Å². The van der Waals surface area contributed by atoms with Crippen molar-refractivity contribution in [3.05, 3.63) is 127 Å². The fraction of sp³-hybridized carbons (Fsp3) is 0.0333. The number of thiocarbonyl (C=S) groups is 1. The van der Waals surface area contributed by atoms with E-state index in [0.717, 1.165) is 21.8 Å². The quantitative estimate of drug-likeness (QED) is 0.155. The molecule has 0 saturated carbocycles. The molecular weight excluding hydrogens is 670 g/mol. The molecule has 1 aliphatic rings. The third-order valence-corrected chi connectivity index (χ3v) is 8.30. The van der Waals surface area contributed by atoms with Crippen molar-refractivity contribution in [2.24, 2.45) is 0 Å². The largest absolute Gasteiger partial charge is 0.488 e. The van der Waals surface area contributed by atoms with Gasteiger partial charge in [-0.15, -0.1) is 0 Å². The van der Waals surface area contributed by atoms with Gasteiger partial charge in [-0.05, 0) is 78.9 Å². The monoisotopic (exact) mass is 686 g/mol. The Morgan fingerprint density at radius 3 is 2.59 bits per heavy atom. The SMILES string of the molecule is O=C(Nc1ccc(F)cc1)c1cccc(N2C(=O)/C(=C\c3cc(Br)ccc3OCc3ccc(Cl)cc3Cl)SC2=S)c1. The van der Waals surface area contributed by atoms with Gasteiger partial charge in [0.05, 0.1) is 10.6 Å². The van der Waals surface area contributed by atoms with Gasteiger partial charge in [0.15, 0.2) is 4.32 Å². The number of nitrogens with one attached hydrogen (secondary N) is 1. The molecule has 4 aromatic carbocycles. The third-order valence-electron chi connectivity index (χ3n) is 5.92. The lowest BCUT2D eigenvalue weighted by atomic mass is 10.1. The van der Waals surface area contributed by atoms with Crippen LogP contribution in [0.4, 0.5) is 15.8 Å². The molecule has 1 saturated heterocycles. The lowest BCUT2D eigenvalue weighted by Crippen LogP contribution is -2.27. The van der Waals surface area contributed by atoms with Crippen molar-refractivity contribution in [2.75, 3.05) is 10.2 Å². The normalized spacial score (nSPS) is 14.0. The first-order valence-electron chi connectivity index (χ1n) is 12.0. The van der Waals surface area contributed by atoms with Gasteiger partial charge in [0.25, 0.3) is 11.8 Å². The molecule has 1 heterocycles. The number of anilines is 2. The number of thioether (sulfide) groups is 1. The number of halogens is 4. The highest BCUT2D eigenvalue weighted by Crippen LogP contribution is 2.38. The molecule has 0 bridgehead atoms. The van der Waals surface area contributed by atoms with E-state index in [2.05, 4.69) is 21.2 Å². The molecule has 1 N–H and O–H groups in total. The maximum absolute atomic E-state index is 13.5. The predicted molar refractivity (Wildman–Crippen MR) is 171 cm³/mol. The number of nitrogens with zero attached hydrogens (tertiary/aromatic N) is 1. The van der Waals surface area contributed by atoms with E-state index >= 15 is 0 Å². The van der Waals surface area contributed by atoms with E-state index in [4.69, 9.17) is 40.2 Å². The van der Waals surface area contributed by atoms with Crippen molar-refractivity contribution in [1.82, 2.24) is 0 Å². The first kappa shape index (κ1) is 29.3. The van der Waals surface area contributed by atoms with Crippen LogP contribution < -0.4 is 15.0 Å². The van der Waals surface area contributed by atoms with Gasteiger partial charge < -0.3 is 10.1 Å². The van der Waals surface area contributed by atoms with Gasteiger partial charge in [-0.3, -0.25) is 14.5 Å². The van der Waals surface area contributed by atoms with E-state index in [9.17, 15) is 14.0 Å². The lowest BCUT2D eigenvalue weighted by molar-refractivity contribution is -0.113. The number of hydrogen-bond donors (Lipinski definition) is 1. The summed E-state index contributed by atoms with van der Waals surface area (Å²) in [5.74, 6) is -0.595. The Morgan fingerprint density at radius 1 is 1.05 bits per heavy atom. The molecule has 2 amide bonds. The maximum Gasteiger partial charge on any atom is 0.270 e. The number of benzene rings is 4. The number of carbonyl (C=O) groups is 2. The lowest BCUT2D eigenvalue weighted by Gasteiger charge is -2.16. The molecule has 1 fully saturated rings. The van der Waals surface area contributed by atoms with E-state index in [-0.39, 0.29) is 12.5 Å². The highest BCUT2D eigenvalue weighted by Gasteiger charge is 2.34. The second-order valence-corrected chi connectivity index (χ2v) is 12.2. The summed E-state index contributed by atoms with van der Waals surface area (Å²) in [5, 5.41) is 3.74. The van der Waals surface area contributed by atoms with E-state index in [1.54, 1.807) is 54.6 Å². The first-order chi connectivity index (χ1) is 19.7. The van der Waals surface area contributed by atoms with Gasteiger partial charge in [-0.2, -0.15) is 0 Å². The molecule has 5 nitrogen and oxygen atoms in total. The van der Waals surface area contributed by atoms with Crippen molar-refractivity contribution < 1.29 is 18.7 Å². The van der Waals surface area contributed by atoms with Crippen LogP contribution in [-0.4, -0.2) is 16.1 Å². The van der Waals surface area contributed by atoms with Crippen molar-refractivity contribution in [3.63, 3.8) is 0 Å².